The minimum atomic E-state index is -0.952. The molecule has 0 spiro atoms. The molecular formula is C14H20O4S. The van der Waals surface area contributed by atoms with Crippen LogP contribution in [-0.2, 0) is 20.7 Å². The number of hydrogen-bond donors (Lipinski definition) is 0. The van der Waals surface area contributed by atoms with E-state index in [-0.39, 0.29) is 5.97 Å². The Hall–Kier alpha value is -1.20. The monoisotopic (exact) mass is 284 g/mol. The number of ether oxygens (including phenoxy) is 2. The Bertz CT molecular complexity index is 376. The zero-order valence-electron chi connectivity index (χ0n) is 11.4. The van der Waals surface area contributed by atoms with Crippen LogP contribution < -0.4 is 4.74 Å². The van der Waals surface area contributed by atoms with Crippen molar-refractivity contribution in [3.63, 3.8) is 0 Å². The largest absolute Gasteiger partial charge is 0.612 e. The van der Waals surface area contributed by atoms with Crippen LogP contribution in [-0.4, -0.2) is 30.5 Å². The average Bonchev–Trinajstić information content (AvgIpc) is 2.42. The molecule has 0 aliphatic rings. The van der Waals surface area contributed by atoms with Gasteiger partial charge in [-0.25, -0.2) is 0 Å². The SMILES string of the molecule is COC(=O)CCCCCOc1ccc([S+](C)[O-])cc1. The van der Waals surface area contributed by atoms with Gasteiger partial charge in [0.1, 0.15) is 12.0 Å². The Morgan fingerprint density at radius 2 is 1.89 bits per heavy atom. The molecule has 0 amide bonds. The molecule has 1 aromatic carbocycles. The summed E-state index contributed by atoms with van der Waals surface area (Å²) >= 11 is -0.952. The first-order chi connectivity index (χ1) is 9.13. The lowest BCUT2D eigenvalue weighted by molar-refractivity contribution is -0.140. The van der Waals surface area contributed by atoms with Gasteiger partial charge in [-0.05, 0) is 54.7 Å². The summed E-state index contributed by atoms with van der Waals surface area (Å²) in [5, 5.41) is 0. The number of benzene rings is 1. The van der Waals surface area contributed by atoms with Crippen molar-refractivity contribution in [3.8, 4) is 5.75 Å². The van der Waals surface area contributed by atoms with Gasteiger partial charge in [-0.2, -0.15) is 0 Å². The van der Waals surface area contributed by atoms with E-state index >= 15 is 0 Å². The molecular weight excluding hydrogens is 264 g/mol. The van der Waals surface area contributed by atoms with Crippen LogP contribution >= 0.6 is 0 Å². The predicted octanol–water partition coefficient (Wildman–Crippen LogP) is 2.54. The van der Waals surface area contributed by atoms with Crippen molar-refractivity contribution in [2.75, 3.05) is 20.0 Å². The molecule has 0 bridgehead atoms. The van der Waals surface area contributed by atoms with E-state index in [1.807, 2.05) is 24.3 Å². The second-order valence-electron chi connectivity index (χ2n) is 4.16. The van der Waals surface area contributed by atoms with Crippen LogP contribution in [0, 0.1) is 0 Å². The molecule has 0 radical (unpaired) electrons. The van der Waals surface area contributed by atoms with Crippen molar-refractivity contribution >= 4 is 17.1 Å². The van der Waals surface area contributed by atoms with Crippen LogP contribution in [0.1, 0.15) is 25.7 Å². The summed E-state index contributed by atoms with van der Waals surface area (Å²) in [5.41, 5.74) is 0. The second-order valence-corrected chi connectivity index (χ2v) is 5.54. The zero-order chi connectivity index (χ0) is 14.1. The van der Waals surface area contributed by atoms with Gasteiger partial charge in [0.05, 0.1) is 13.7 Å². The number of unbranched alkanes of at least 4 members (excludes halogenated alkanes) is 2. The highest BCUT2D eigenvalue weighted by Gasteiger charge is 2.03. The quantitative estimate of drug-likeness (QED) is 0.418. The Morgan fingerprint density at radius 3 is 2.47 bits per heavy atom. The van der Waals surface area contributed by atoms with Gasteiger partial charge in [-0.15, -0.1) is 0 Å². The van der Waals surface area contributed by atoms with Gasteiger partial charge in [0.15, 0.2) is 4.90 Å². The van der Waals surface area contributed by atoms with Crippen molar-refractivity contribution in [2.24, 2.45) is 0 Å². The third kappa shape index (κ3) is 6.50. The lowest BCUT2D eigenvalue weighted by Crippen LogP contribution is -2.01. The van der Waals surface area contributed by atoms with Crippen molar-refractivity contribution in [1.82, 2.24) is 0 Å². The highest BCUT2D eigenvalue weighted by molar-refractivity contribution is 7.90. The van der Waals surface area contributed by atoms with Crippen molar-refractivity contribution in [2.45, 2.75) is 30.6 Å². The van der Waals surface area contributed by atoms with E-state index in [9.17, 15) is 9.35 Å². The third-order valence-electron chi connectivity index (χ3n) is 2.68. The van der Waals surface area contributed by atoms with Crippen LogP contribution in [0.25, 0.3) is 0 Å². The molecule has 1 aromatic rings. The van der Waals surface area contributed by atoms with E-state index in [1.54, 1.807) is 6.26 Å². The standard InChI is InChI=1S/C14H20O4S/c1-17-14(15)6-4-3-5-11-18-12-7-9-13(10-8-12)19(2)16/h7-10H,3-6,11H2,1-2H3. The summed E-state index contributed by atoms with van der Waals surface area (Å²) < 4.78 is 21.3. The smallest absolute Gasteiger partial charge is 0.305 e. The molecule has 1 rings (SSSR count). The van der Waals surface area contributed by atoms with Gasteiger partial charge < -0.3 is 14.0 Å². The highest BCUT2D eigenvalue weighted by Crippen LogP contribution is 2.16. The minimum absolute atomic E-state index is 0.163. The third-order valence-corrected chi connectivity index (χ3v) is 3.61. The number of carbonyl (C=O) groups excluding carboxylic acids is 1. The van der Waals surface area contributed by atoms with Crippen molar-refractivity contribution in [3.05, 3.63) is 24.3 Å². The van der Waals surface area contributed by atoms with Gasteiger partial charge in [-0.1, -0.05) is 0 Å². The molecule has 19 heavy (non-hydrogen) atoms. The molecule has 106 valence electrons. The fraction of sp³-hybridized carbons (Fsp3) is 0.500. The van der Waals surface area contributed by atoms with Crippen LogP contribution in [0.5, 0.6) is 5.75 Å². The Morgan fingerprint density at radius 1 is 1.21 bits per heavy atom. The fourth-order valence-electron chi connectivity index (χ4n) is 1.57. The minimum Gasteiger partial charge on any atom is -0.612 e. The lowest BCUT2D eigenvalue weighted by atomic mass is 10.2. The molecule has 0 heterocycles. The summed E-state index contributed by atoms with van der Waals surface area (Å²) in [6.07, 6.45) is 4.78. The summed E-state index contributed by atoms with van der Waals surface area (Å²) in [4.78, 5) is 11.7. The maximum absolute atomic E-state index is 11.2. The van der Waals surface area contributed by atoms with Gasteiger partial charge in [0, 0.05) is 6.42 Å². The summed E-state index contributed by atoms with van der Waals surface area (Å²) in [5.74, 6) is 0.617. The lowest BCUT2D eigenvalue weighted by Gasteiger charge is -2.07. The van der Waals surface area contributed by atoms with Crippen LogP contribution in [0.15, 0.2) is 29.2 Å². The molecule has 0 fully saturated rings. The fourth-order valence-corrected chi connectivity index (χ4v) is 2.09. The molecule has 1 atom stereocenters. The second kappa shape index (κ2) is 8.82. The van der Waals surface area contributed by atoms with E-state index in [1.165, 1.54) is 7.11 Å². The van der Waals surface area contributed by atoms with Crippen LogP contribution in [0.2, 0.25) is 0 Å². The normalized spacial score (nSPS) is 11.9. The first-order valence-corrected chi connectivity index (χ1v) is 7.82. The van der Waals surface area contributed by atoms with Gasteiger partial charge in [0.25, 0.3) is 0 Å². The molecule has 0 saturated heterocycles. The Kier molecular flexibility index (Phi) is 7.36. The van der Waals surface area contributed by atoms with E-state index in [4.69, 9.17) is 4.74 Å². The maximum Gasteiger partial charge on any atom is 0.305 e. The first-order valence-electron chi connectivity index (χ1n) is 6.26. The Balaban J connectivity index is 2.14. The van der Waals surface area contributed by atoms with E-state index in [0.717, 1.165) is 29.9 Å². The van der Waals surface area contributed by atoms with Gasteiger partial charge >= 0.3 is 5.97 Å². The summed E-state index contributed by atoms with van der Waals surface area (Å²) in [6.45, 7) is 0.621. The van der Waals surface area contributed by atoms with Crippen LogP contribution in [0.4, 0.5) is 0 Å². The molecule has 5 heteroatoms. The number of methoxy groups -OCH3 is 1. The van der Waals surface area contributed by atoms with E-state index < -0.39 is 11.2 Å². The van der Waals surface area contributed by atoms with Gasteiger partial charge in [-0.3, -0.25) is 4.79 Å². The summed E-state index contributed by atoms with van der Waals surface area (Å²) in [7, 11) is 1.40. The number of carbonyl (C=O) groups is 1. The molecule has 0 aromatic heterocycles. The number of esters is 1. The molecule has 0 N–H and O–H groups in total. The van der Waals surface area contributed by atoms with Crippen molar-refractivity contribution in [1.29, 1.82) is 0 Å². The highest BCUT2D eigenvalue weighted by atomic mass is 32.2. The number of hydrogen-bond acceptors (Lipinski definition) is 4. The van der Waals surface area contributed by atoms with Crippen molar-refractivity contribution < 1.29 is 18.8 Å². The first kappa shape index (κ1) is 15.9. The maximum atomic E-state index is 11.2. The predicted molar refractivity (Wildman–Crippen MR) is 74.8 cm³/mol. The molecule has 0 aliphatic heterocycles. The van der Waals surface area contributed by atoms with Crippen LogP contribution in [0.3, 0.4) is 0 Å². The summed E-state index contributed by atoms with van der Waals surface area (Å²) in [6, 6.07) is 7.27. The number of rotatable bonds is 8. The average molecular weight is 284 g/mol. The van der Waals surface area contributed by atoms with E-state index in [0.29, 0.717) is 13.0 Å². The van der Waals surface area contributed by atoms with Gasteiger partial charge in [0.2, 0.25) is 0 Å². The molecule has 0 aliphatic carbocycles. The molecule has 1 unspecified atom stereocenters. The molecule has 4 nitrogen and oxygen atoms in total. The zero-order valence-corrected chi connectivity index (χ0v) is 12.2. The topological polar surface area (TPSA) is 58.6 Å². The van der Waals surface area contributed by atoms with E-state index in [2.05, 4.69) is 4.74 Å². The molecule has 0 saturated carbocycles. The Labute approximate surface area is 117 Å².